The zero-order chi connectivity index (χ0) is 20.6. The van der Waals surface area contributed by atoms with E-state index in [1.165, 1.54) is 20.1 Å². The SMILES string of the molecule is CC(=O)c1c(C(C)=O)c(C)n(-c2ccc(C)c(NC(=O)c3ccco3)c2)c1C. The number of hydrogen-bond donors (Lipinski definition) is 1. The molecule has 1 N–H and O–H groups in total. The molecule has 3 rings (SSSR count). The lowest BCUT2D eigenvalue weighted by Gasteiger charge is -2.14. The van der Waals surface area contributed by atoms with Crippen LogP contribution in [-0.4, -0.2) is 22.0 Å². The molecule has 0 bridgehead atoms. The molecule has 0 atom stereocenters. The van der Waals surface area contributed by atoms with Crippen LogP contribution in [0.25, 0.3) is 5.69 Å². The minimum absolute atomic E-state index is 0.150. The predicted octanol–water partition coefficient (Wildman–Crippen LogP) is 4.65. The third-order valence-electron chi connectivity index (χ3n) is 4.82. The van der Waals surface area contributed by atoms with Gasteiger partial charge in [0.15, 0.2) is 17.3 Å². The molecular weight excluding hydrogens is 356 g/mol. The molecule has 0 aliphatic heterocycles. The van der Waals surface area contributed by atoms with E-state index in [0.29, 0.717) is 28.2 Å². The minimum atomic E-state index is -0.347. The van der Waals surface area contributed by atoms with Crippen LogP contribution in [-0.2, 0) is 0 Å². The maximum Gasteiger partial charge on any atom is 0.291 e. The molecule has 0 aliphatic rings. The number of aromatic nitrogens is 1. The van der Waals surface area contributed by atoms with Crippen LogP contribution in [0.15, 0.2) is 41.0 Å². The number of rotatable bonds is 5. The number of ketones is 2. The summed E-state index contributed by atoms with van der Waals surface area (Å²) >= 11 is 0. The Kier molecular flexibility index (Phi) is 5.05. The molecule has 0 fully saturated rings. The van der Waals surface area contributed by atoms with Crippen LogP contribution in [0, 0.1) is 20.8 Å². The summed E-state index contributed by atoms with van der Waals surface area (Å²) < 4.78 is 7.01. The normalized spacial score (nSPS) is 10.8. The number of hydrogen-bond acceptors (Lipinski definition) is 4. The topological polar surface area (TPSA) is 81.3 Å². The van der Waals surface area contributed by atoms with Crippen LogP contribution in [0.4, 0.5) is 5.69 Å². The number of carbonyl (C=O) groups is 3. The Balaban J connectivity index is 2.11. The molecule has 6 heteroatoms. The molecule has 3 aromatic rings. The number of amides is 1. The highest BCUT2D eigenvalue weighted by atomic mass is 16.3. The fourth-order valence-corrected chi connectivity index (χ4v) is 3.56. The Bertz CT molecular complexity index is 1050. The van der Waals surface area contributed by atoms with Crippen LogP contribution in [0.1, 0.15) is 62.1 Å². The number of nitrogens with zero attached hydrogens (tertiary/aromatic N) is 1. The van der Waals surface area contributed by atoms with Gasteiger partial charge in [-0.05, 0) is 64.4 Å². The van der Waals surface area contributed by atoms with Crippen molar-refractivity contribution >= 4 is 23.2 Å². The molecule has 1 aromatic carbocycles. The molecule has 0 radical (unpaired) electrons. The Morgan fingerprint density at radius 3 is 2.04 bits per heavy atom. The van der Waals surface area contributed by atoms with E-state index in [2.05, 4.69) is 5.32 Å². The van der Waals surface area contributed by atoms with E-state index >= 15 is 0 Å². The number of nitrogens with one attached hydrogen (secondary N) is 1. The van der Waals surface area contributed by atoms with Gasteiger partial charge in [0.05, 0.1) is 6.26 Å². The summed E-state index contributed by atoms with van der Waals surface area (Å²) in [5, 5.41) is 2.85. The van der Waals surface area contributed by atoms with Crippen molar-refractivity contribution in [1.29, 1.82) is 0 Å². The van der Waals surface area contributed by atoms with Crippen LogP contribution >= 0.6 is 0 Å². The third kappa shape index (κ3) is 3.29. The fraction of sp³-hybridized carbons (Fsp3) is 0.227. The Morgan fingerprint density at radius 1 is 0.929 bits per heavy atom. The number of aryl methyl sites for hydroxylation is 1. The van der Waals surface area contributed by atoms with Gasteiger partial charge in [-0.3, -0.25) is 14.4 Å². The van der Waals surface area contributed by atoms with E-state index < -0.39 is 0 Å². The quantitative estimate of drug-likeness (QED) is 0.655. The number of benzene rings is 1. The van der Waals surface area contributed by atoms with Crippen LogP contribution < -0.4 is 5.32 Å². The standard InChI is InChI=1S/C22H22N2O4/c1-12-8-9-17(11-18(12)23-22(27)19-7-6-10-28-19)24-13(2)20(15(4)25)21(14(24)3)16(5)26/h6-11H,1-5H3,(H,23,27). The summed E-state index contributed by atoms with van der Waals surface area (Å²) in [6, 6.07) is 8.84. The highest BCUT2D eigenvalue weighted by Gasteiger charge is 2.24. The van der Waals surface area contributed by atoms with E-state index in [-0.39, 0.29) is 23.2 Å². The van der Waals surface area contributed by atoms with Crippen molar-refractivity contribution in [2.45, 2.75) is 34.6 Å². The first-order valence-electron chi connectivity index (χ1n) is 8.92. The molecule has 28 heavy (non-hydrogen) atoms. The molecular formula is C22H22N2O4. The Hall–Kier alpha value is -3.41. The predicted molar refractivity (Wildman–Crippen MR) is 107 cm³/mol. The van der Waals surface area contributed by atoms with E-state index in [1.807, 2.05) is 43.5 Å². The van der Waals surface area contributed by atoms with Gasteiger partial charge in [0.2, 0.25) is 0 Å². The van der Waals surface area contributed by atoms with Crippen molar-refractivity contribution in [3.05, 3.63) is 70.4 Å². The second-order valence-corrected chi connectivity index (χ2v) is 6.80. The lowest BCUT2D eigenvalue weighted by molar-refractivity contribution is 0.0981. The van der Waals surface area contributed by atoms with Gasteiger partial charge >= 0.3 is 0 Å². The lowest BCUT2D eigenvalue weighted by Crippen LogP contribution is -2.12. The molecule has 0 saturated heterocycles. The average Bonchev–Trinajstić information content (AvgIpc) is 3.23. The van der Waals surface area contributed by atoms with E-state index in [4.69, 9.17) is 4.42 Å². The first-order chi connectivity index (χ1) is 13.2. The monoisotopic (exact) mass is 378 g/mol. The van der Waals surface area contributed by atoms with Gasteiger partial charge in [-0.25, -0.2) is 0 Å². The third-order valence-corrected chi connectivity index (χ3v) is 4.82. The number of Topliss-reactive ketones (excluding diaryl/α,β-unsaturated/α-hetero) is 2. The van der Waals surface area contributed by atoms with E-state index in [1.54, 1.807) is 12.1 Å². The largest absolute Gasteiger partial charge is 0.459 e. The second kappa shape index (κ2) is 7.31. The number of furan rings is 1. The summed E-state index contributed by atoms with van der Waals surface area (Å²) in [5.74, 6) is -0.429. The van der Waals surface area contributed by atoms with E-state index in [0.717, 1.165) is 11.3 Å². The summed E-state index contributed by atoms with van der Waals surface area (Å²) in [7, 11) is 0. The van der Waals surface area contributed by atoms with Gasteiger partial charge in [0.25, 0.3) is 5.91 Å². The first kappa shape index (κ1) is 19.4. The molecule has 0 spiro atoms. The second-order valence-electron chi connectivity index (χ2n) is 6.80. The lowest BCUT2D eigenvalue weighted by atomic mass is 10.0. The van der Waals surface area contributed by atoms with Crippen molar-refractivity contribution in [2.24, 2.45) is 0 Å². The summed E-state index contributed by atoms with van der Waals surface area (Å²) in [6.45, 7) is 8.44. The van der Waals surface area contributed by atoms with Gasteiger partial charge in [0, 0.05) is 33.9 Å². The Morgan fingerprint density at radius 2 is 1.54 bits per heavy atom. The smallest absolute Gasteiger partial charge is 0.291 e. The van der Waals surface area contributed by atoms with Gasteiger partial charge in [-0.2, -0.15) is 0 Å². The maximum atomic E-state index is 12.3. The number of anilines is 1. The highest BCUT2D eigenvalue weighted by molar-refractivity contribution is 6.09. The van der Waals surface area contributed by atoms with Gasteiger partial charge in [0.1, 0.15) is 0 Å². The van der Waals surface area contributed by atoms with Crippen LogP contribution in [0.5, 0.6) is 0 Å². The maximum absolute atomic E-state index is 12.3. The Labute approximate surface area is 163 Å². The molecule has 2 heterocycles. The zero-order valence-electron chi connectivity index (χ0n) is 16.5. The molecule has 2 aromatic heterocycles. The molecule has 0 aliphatic carbocycles. The van der Waals surface area contributed by atoms with Crippen molar-refractivity contribution in [1.82, 2.24) is 4.57 Å². The zero-order valence-corrected chi connectivity index (χ0v) is 16.5. The van der Waals surface area contributed by atoms with E-state index in [9.17, 15) is 14.4 Å². The molecule has 144 valence electrons. The van der Waals surface area contributed by atoms with Crippen molar-refractivity contribution in [3.63, 3.8) is 0 Å². The minimum Gasteiger partial charge on any atom is -0.459 e. The highest BCUT2D eigenvalue weighted by Crippen LogP contribution is 2.29. The molecule has 6 nitrogen and oxygen atoms in total. The molecule has 1 amide bonds. The summed E-state index contributed by atoms with van der Waals surface area (Å²) in [5.41, 5.74) is 4.53. The summed E-state index contributed by atoms with van der Waals surface area (Å²) in [6.07, 6.45) is 1.44. The van der Waals surface area contributed by atoms with Gasteiger partial charge in [-0.15, -0.1) is 0 Å². The fourth-order valence-electron chi connectivity index (χ4n) is 3.56. The van der Waals surface area contributed by atoms with Gasteiger partial charge in [-0.1, -0.05) is 6.07 Å². The van der Waals surface area contributed by atoms with Gasteiger partial charge < -0.3 is 14.3 Å². The van der Waals surface area contributed by atoms with Crippen molar-refractivity contribution in [2.75, 3.05) is 5.32 Å². The average molecular weight is 378 g/mol. The first-order valence-corrected chi connectivity index (χ1v) is 8.92. The van der Waals surface area contributed by atoms with Crippen LogP contribution in [0.2, 0.25) is 0 Å². The summed E-state index contributed by atoms with van der Waals surface area (Å²) in [4.78, 5) is 36.7. The molecule has 0 unspecified atom stereocenters. The van der Waals surface area contributed by atoms with Crippen molar-refractivity contribution in [3.8, 4) is 5.69 Å². The van der Waals surface area contributed by atoms with Crippen molar-refractivity contribution < 1.29 is 18.8 Å². The van der Waals surface area contributed by atoms with Crippen LogP contribution in [0.3, 0.4) is 0 Å². The number of carbonyl (C=O) groups excluding carboxylic acids is 3. The molecule has 0 saturated carbocycles.